The van der Waals surface area contributed by atoms with Crippen molar-refractivity contribution in [1.29, 1.82) is 0 Å². The Morgan fingerprint density at radius 3 is 1.05 bits per heavy atom. The third-order valence-electron chi connectivity index (χ3n) is 8.49. The molecular weight excluding hydrogens is 615 g/mol. The molecule has 0 unspecified atom stereocenters. The van der Waals surface area contributed by atoms with E-state index in [1.54, 1.807) is 0 Å². The second kappa shape index (κ2) is 19.2. The van der Waals surface area contributed by atoms with Crippen LogP contribution in [-0.4, -0.2) is 31.1 Å². The van der Waals surface area contributed by atoms with Crippen LogP contribution in [0.5, 0.6) is 0 Å². The van der Waals surface area contributed by atoms with E-state index in [9.17, 15) is 9.59 Å². The van der Waals surface area contributed by atoms with E-state index >= 15 is 0 Å². The second-order valence-corrected chi connectivity index (χ2v) is 25.8. The van der Waals surface area contributed by atoms with Crippen molar-refractivity contribution in [2.24, 2.45) is 21.7 Å². The van der Waals surface area contributed by atoms with Crippen molar-refractivity contribution < 1.29 is 15.7 Å². The van der Waals surface area contributed by atoms with Gasteiger partial charge in [0, 0.05) is 0 Å². The van der Waals surface area contributed by atoms with E-state index in [-0.39, 0.29) is 22.8 Å². The van der Waals surface area contributed by atoms with E-state index in [4.69, 9.17) is 6.15 Å². The van der Waals surface area contributed by atoms with E-state index in [1.807, 2.05) is 27.7 Å². The molecule has 0 radical (unpaired) electrons. The molecule has 41 heavy (non-hydrogen) atoms. The van der Waals surface area contributed by atoms with Gasteiger partial charge in [-0.2, -0.15) is 0 Å². The summed E-state index contributed by atoms with van der Waals surface area (Å²) in [5.74, 6) is -0.287. The van der Waals surface area contributed by atoms with Crippen molar-refractivity contribution in [3.8, 4) is 0 Å². The topological polar surface area (TPSA) is 52.6 Å². The van der Waals surface area contributed by atoms with Crippen molar-refractivity contribution in [3.63, 3.8) is 0 Å². The average molecular weight is 688 g/mol. The summed E-state index contributed by atoms with van der Waals surface area (Å²) in [6.07, 6.45) is 17.5. The second-order valence-electron chi connectivity index (χ2n) is 16.6. The Hall–Kier alpha value is -0.261. The molecule has 0 fully saturated rings. The van der Waals surface area contributed by atoms with E-state index in [0.29, 0.717) is 0 Å². The summed E-state index contributed by atoms with van der Waals surface area (Å²) in [7, 11) is 0. The molecule has 0 aromatic rings. The third-order valence-corrected chi connectivity index (χ3v) is 18.0. The Morgan fingerprint density at radius 1 is 0.463 bits per heavy atom. The van der Waals surface area contributed by atoms with Gasteiger partial charge in [0.2, 0.25) is 0 Å². The molecule has 0 atom stereocenters. The molecule has 0 saturated carbocycles. The maximum atomic E-state index is 13.9. The number of carbonyl (C=O) groups is 2. The van der Waals surface area contributed by atoms with Crippen LogP contribution in [0.4, 0.5) is 0 Å². The Kier molecular flexibility index (Phi) is 19.1. The molecule has 5 heteroatoms. The zero-order chi connectivity index (χ0) is 31.8. The number of carbonyl (C=O) groups excluding carboxylic acids is 2. The van der Waals surface area contributed by atoms with E-state index in [1.165, 1.54) is 51.4 Å². The van der Waals surface area contributed by atoms with Crippen LogP contribution in [0.15, 0.2) is 0 Å². The van der Waals surface area contributed by atoms with Crippen LogP contribution in [0.2, 0.25) is 8.87 Å². The molecule has 0 saturated heterocycles. The molecule has 0 bridgehead atoms. The van der Waals surface area contributed by atoms with Gasteiger partial charge in [0.1, 0.15) is 0 Å². The van der Waals surface area contributed by atoms with Crippen molar-refractivity contribution in [1.82, 2.24) is 0 Å². The number of rotatable bonds is 22. The third kappa shape index (κ3) is 19.6. The Labute approximate surface area is 262 Å². The minimum absolute atomic E-state index is 0.144. The predicted molar refractivity (Wildman–Crippen MR) is 179 cm³/mol. The van der Waals surface area contributed by atoms with Gasteiger partial charge in [-0.15, -0.1) is 0 Å². The Morgan fingerprint density at radius 2 is 0.756 bits per heavy atom. The van der Waals surface area contributed by atoms with Gasteiger partial charge in [0.25, 0.3) is 0 Å². The molecule has 0 amide bonds. The molecule has 0 aliphatic carbocycles. The van der Waals surface area contributed by atoms with Crippen LogP contribution < -0.4 is 0 Å². The van der Waals surface area contributed by atoms with Crippen LogP contribution >= 0.6 is 0 Å². The standard InChI is InChI=1S/2C10H20O2.2C8H17.Sn/c2*1-9(2,3)6-7-10(4,5)8(11)12;2*1-3-5-7-8-6-4-2;/h2*6-7H2,1-5H3,(H,11,12);2*1,3-8H2,2H3;/q;;;;+2/p-2. The molecule has 0 spiro atoms. The fraction of sp³-hybridized carbons (Fsp3) is 0.944. The molecule has 0 aliphatic heterocycles. The summed E-state index contributed by atoms with van der Waals surface area (Å²) in [5, 5.41) is 0. The van der Waals surface area contributed by atoms with Crippen LogP contribution in [0, 0.1) is 21.7 Å². The van der Waals surface area contributed by atoms with E-state index in [0.717, 1.165) is 60.2 Å². The normalized spacial score (nSPS) is 13.4. The maximum absolute atomic E-state index is 13.9. The van der Waals surface area contributed by atoms with Gasteiger partial charge in [-0.25, -0.2) is 0 Å². The minimum atomic E-state index is -4.12. The van der Waals surface area contributed by atoms with E-state index < -0.39 is 30.0 Å². The molecule has 4 nitrogen and oxygen atoms in total. The Balaban J connectivity index is 6.04. The van der Waals surface area contributed by atoms with Crippen molar-refractivity contribution in [2.75, 3.05) is 0 Å². The van der Waals surface area contributed by atoms with Crippen molar-refractivity contribution in [2.45, 2.75) is 195 Å². The summed E-state index contributed by atoms with van der Waals surface area (Å²) >= 11 is -4.12. The van der Waals surface area contributed by atoms with Gasteiger partial charge in [0.15, 0.2) is 0 Å². The van der Waals surface area contributed by atoms with Gasteiger partial charge in [0.05, 0.1) is 0 Å². The van der Waals surface area contributed by atoms with Gasteiger partial charge in [-0.1, -0.05) is 0 Å². The molecule has 0 aliphatic rings. The molecule has 0 rings (SSSR count). The SMILES string of the molecule is CCCCCCC[CH2][Sn]([CH2]CCCCCCC)([O]C(=O)C(C)(C)CCC(C)(C)C)[O]C(=O)C(C)(C)CCC(C)(C)C. The molecule has 0 N–H and O–H groups in total. The van der Waals surface area contributed by atoms with Gasteiger partial charge < -0.3 is 0 Å². The number of hydrogen-bond acceptors (Lipinski definition) is 4. The molecule has 0 aromatic heterocycles. The first-order valence-electron chi connectivity index (χ1n) is 17.3. The molecule has 244 valence electrons. The summed E-state index contributed by atoms with van der Waals surface area (Å²) < 4.78 is 14.9. The number of hydrogen-bond donors (Lipinski definition) is 0. The van der Waals surface area contributed by atoms with Crippen LogP contribution in [0.1, 0.15) is 186 Å². The quantitative estimate of drug-likeness (QED) is 0.0840. The summed E-state index contributed by atoms with van der Waals surface area (Å²) in [4.78, 5) is 27.7. The molecular formula is C36H72O4Sn. The first-order chi connectivity index (χ1) is 18.8. The fourth-order valence-corrected chi connectivity index (χ4v) is 14.9. The monoisotopic (exact) mass is 688 g/mol. The van der Waals surface area contributed by atoms with Crippen LogP contribution in [-0.2, 0) is 15.7 Å². The number of unbranched alkanes of at least 4 members (excludes halogenated alkanes) is 10. The Bertz CT molecular complexity index is 665. The molecule has 0 aromatic carbocycles. The molecule has 0 heterocycles. The van der Waals surface area contributed by atoms with Gasteiger partial charge in [-0.3, -0.25) is 0 Å². The van der Waals surface area contributed by atoms with Crippen molar-refractivity contribution in [3.05, 3.63) is 0 Å². The zero-order valence-corrected chi connectivity index (χ0v) is 32.7. The summed E-state index contributed by atoms with van der Waals surface area (Å²) in [5.41, 5.74) is -0.880. The average Bonchev–Trinajstić information content (AvgIpc) is 2.85. The van der Waals surface area contributed by atoms with Crippen LogP contribution in [0.25, 0.3) is 0 Å². The van der Waals surface area contributed by atoms with Crippen LogP contribution in [0.3, 0.4) is 0 Å². The van der Waals surface area contributed by atoms with E-state index in [2.05, 4.69) is 55.4 Å². The summed E-state index contributed by atoms with van der Waals surface area (Å²) in [6.45, 7) is 25.9. The van der Waals surface area contributed by atoms with Gasteiger partial charge in [-0.05, 0) is 0 Å². The van der Waals surface area contributed by atoms with Gasteiger partial charge >= 0.3 is 263 Å². The zero-order valence-electron chi connectivity index (χ0n) is 29.9. The first kappa shape index (κ1) is 40.7. The first-order valence-corrected chi connectivity index (χ1v) is 23.6. The summed E-state index contributed by atoms with van der Waals surface area (Å²) in [6, 6.07) is 0. The van der Waals surface area contributed by atoms with Crippen molar-refractivity contribution >= 4 is 31.1 Å². The predicted octanol–water partition coefficient (Wildman–Crippen LogP) is 11.9. The fourth-order valence-electron chi connectivity index (χ4n) is 4.89.